The third kappa shape index (κ3) is 2.67. The van der Waals surface area contributed by atoms with E-state index >= 15 is 0 Å². The van der Waals surface area contributed by atoms with Gasteiger partial charge >= 0.3 is 0 Å². The number of hydrogen-bond acceptors (Lipinski definition) is 5. The van der Waals surface area contributed by atoms with Gasteiger partial charge < -0.3 is 11.5 Å². The fourth-order valence-corrected chi connectivity index (χ4v) is 4.05. The van der Waals surface area contributed by atoms with Crippen molar-refractivity contribution in [3.05, 3.63) is 68.0 Å². The highest BCUT2D eigenvalue weighted by Gasteiger charge is 2.16. The van der Waals surface area contributed by atoms with E-state index in [9.17, 15) is 0 Å². The topological polar surface area (TPSA) is 76.8 Å². The lowest BCUT2D eigenvalue weighted by molar-refractivity contribution is 1.21. The first-order valence-corrected chi connectivity index (χ1v) is 8.93. The van der Waals surface area contributed by atoms with Crippen LogP contribution in [0.5, 0.6) is 0 Å². The number of nitrogens with two attached hydrogens (primary N) is 2. The molecular weight excluding hydrogens is 324 g/mol. The summed E-state index contributed by atoms with van der Waals surface area (Å²) in [6.07, 6.45) is 0.836. The molecule has 0 atom stereocenters. The van der Waals surface area contributed by atoms with Crippen LogP contribution in [0.2, 0.25) is 0 Å². The molecule has 0 amide bonds. The van der Waals surface area contributed by atoms with Gasteiger partial charge in [-0.25, -0.2) is 9.98 Å². The Labute approximate surface area is 141 Å². The van der Waals surface area contributed by atoms with Crippen molar-refractivity contribution >= 4 is 45.7 Å². The van der Waals surface area contributed by atoms with E-state index in [0.717, 1.165) is 33.8 Å². The van der Waals surface area contributed by atoms with E-state index in [1.807, 2.05) is 29.0 Å². The lowest BCUT2D eigenvalue weighted by Crippen LogP contribution is -2.11. The van der Waals surface area contributed by atoms with Crippen molar-refractivity contribution in [2.24, 2.45) is 21.5 Å². The first kappa shape index (κ1) is 14.2. The second-order valence-electron chi connectivity index (χ2n) is 5.27. The van der Waals surface area contributed by atoms with E-state index < -0.39 is 0 Å². The highest BCUT2D eigenvalue weighted by Crippen LogP contribution is 2.33. The summed E-state index contributed by atoms with van der Waals surface area (Å²) >= 11 is 3.23. The number of benzene rings is 1. The molecule has 1 aromatic carbocycles. The monoisotopic (exact) mass is 338 g/mol. The summed E-state index contributed by atoms with van der Waals surface area (Å²) < 4.78 is 0. The van der Waals surface area contributed by atoms with Crippen molar-refractivity contribution in [1.29, 1.82) is 0 Å². The Morgan fingerprint density at radius 1 is 1.13 bits per heavy atom. The average molecular weight is 338 g/mol. The summed E-state index contributed by atoms with van der Waals surface area (Å²) in [6.45, 7) is 0. The van der Waals surface area contributed by atoms with Crippen molar-refractivity contribution in [2.45, 2.75) is 6.42 Å². The Balaban J connectivity index is 1.74. The number of hydrogen-bond donors (Lipinski definition) is 2. The Bertz CT molecular complexity index is 920. The van der Waals surface area contributed by atoms with Crippen LogP contribution in [0, 0.1) is 0 Å². The van der Waals surface area contributed by atoms with Crippen LogP contribution in [0.25, 0.3) is 0 Å². The normalized spacial score (nSPS) is 13.9. The zero-order valence-corrected chi connectivity index (χ0v) is 13.8. The number of thiophene rings is 2. The molecule has 3 aromatic rings. The van der Waals surface area contributed by atoms with Gasteiger partial charge in [0.15, 0.2) is 0 Å². The maximum absolute atomic E-state index is 6.14. The summed E-state index contributed by atoms with van der Waals surface area (Å²) in [5.41, 5.74) is 17.2. The molecule has 0 bridgehead atoms. The van der Waals surface area contributed by atoms with Crippen molar-refractivity contribution in [1.82, 2.24) is 0 Å². The minimum Gasteiger partial charge on any atom is -0.383 e. The molecule has 0 saturated carbocycles. The van der Waals surface area contributed by atoms with Crippen molar-refractivity contribution in [2.75, 3.05) is 0 Å². The first-order valence-electron chi connectivity index (χ1n) is 7.11. The van der Waals surface area contributed by atoms with Crippen LogP contribution in [0.3, 0.4) is 0 Å². The van der Waals surface area contributed by atoms with E-state index in [1.54, 1.807) is 22.7 Å². The average Bonchev–Trinajstić information content (AvgIpc) is 3.19. The summed E-state index contributed by atoms with van der Waals surface area (Å²) in [5.74, 6) is 1.08. The molecule has 2 aromatic heterocycles. The molecule has 1 aliphatic rings. The van der Waals surface area contributed by atoms with E-state index in [1.165, 1.54) is 5.56 Å². The Morgan fingerprint density at radius 2 is 2.04 bits per heavy atom. The van der Waals surface area contributed by atoms with Gasteiger partial charge in [0.2, 0.25) is 0 Å². The predicted octanol–water partition coefficient (Wildman–Crippen LogP) is 3.79. The molecule has 0 saturated heterocycles. The molecular formula is C17H14N4S2. The molecule has 0 radical (unpaired) electrons. The number of aliphatic imine (C=N–C) groups is 2. The third-order valence-electron chi connectivity index (χ3n) is 3.74. The summed E-state index contributed by atoms with van der Waals surface area (Å²) in [7, 11) is 0. The van der Waals surface area contributed by atoms with Crippen LogP contribution < -0.4 is 11.5 Å². The molecule has 4 rings (SSSR count). The van der Waals surface area contributed by atoms with Crippen molar-refractivity contribution in [3.8, 4) is 0 Å². The Kier molecular flexibility index (Phi) is 3.48. The second-order valence-corrected chi connectivity index (χ2v) is 6.97. The fourth-order valence-electron chi connectivity index (χ4n) is 2.57. The van der Waals surface area contributed by atoms with Gasteiger partial charge in [-0.05, 0) is 46.2 Å². The van der Waals surface area contributed by atoms with Gasteiger partial charge in [-0.3, -0.25) is 0 Å². The van der Waals surface area contributed by atoms with Gasteiger partial charge in [-0.15, -0.1) is 11.3 Å². The smallest absolute Gasteiger partial charge is 0.141 e. The molecule has 0 unspecified atom stereocenters. The zero-order chi connectivity index (χ0) is 15.8. The van der Waals surface area contributed by atoms with Crippen LogP contribution in [0.4, 0.5) is 11.4 Å². The highest BCUT2D eigenvalue weighted by atomic mass is 32.1. The molecule has 23 heavy (non-hydrogen) atoms. The van der Waals surface area contributed by atoms with Gasteiger partial charge in [0.25, 0.3) is 0 Å². The largest absolute Gasteiger partial charge is 0.383 e. The number of rotatable bonds is 2. The van der Waals surface area contributed by atoms with E-state index in [0.29, 0.717) is 11.7 Å². The van der Waals surface area contributed by atoms with Gasteiger partial charge in [0.05, 0.1) is 16.3 Å². The first-order chi connectivity index (χ1) is 11.2. The van der Waals surface area contributed by atoms with Crippen LogP contribution in [0.1, 0.15) is 21.6 Å². The van der Waals surface area contributed by atoms with Crippen LogP contribution in [0.15, 0.2) is 56.5 Å². The maximum atomic E-state index is 6.14. The molecule has 1 aliphatic heterocycles. The summed E-state index contributed by atoms with van der Waals surface area (Å²) in [6, 6.07) is 10.0. The SMILES string of the molecule is NC(=Nc1ccc2c(c1)N=C(N)c1sccc1C2)c1ccsc1. The van der Waals surface area contributed by atoms with Crippen LogP contribution >= 0.6 is 22.7 Å². The Hall–Kier alpha value is -2.44. The van der Waals surface area contributed by atoms with Gasteiger partial charge in [0.1, 0.15) is 11.7 Å². The lowest BCUT2D eigenvalue weighted by Gasteiger charge is -2.05. The lowest BCUT2D eigenvalue weighted by atomic mass is 10.0. The summed E-state index contributed by atoms with van der Waals surface area (Å²) in [4.78, 5) is 10.1. The number of nitrogens with zero attached hydrogens (tertiary/aromatic N) is 2. The highest BCUT2D eigenvalue weighted by molar-refractivity contribution is 7.12. The molecule has 0 spiro atoms. The molecule has 4 N–H and O–H groups in total. The van der Waals surface area contributed by atoms with Gasteiger partial charge in [0, 0.05) is 17.4 Å². The second kappa shape index (κ2) is 5.64. The molecule has 3 heterocycles. The van der Waals surface area contributed by atoms with E-state index in [-0.39, 0.29) is 0 Å². The molecule has 0 fully saturated rings. The van der Waals surface area contributed by atoms with E-state index in [4.69, 9.17) is 11.5 Å². The maximum Gasteiger partial charge on any atom is 0.141 e. The van der Waals surface area contributed by atoms with Crippen molar-refractivity contribution in [3.63, 3.8) is 0 Å². The molecule has 6 heteroatoms. The number of fused-ring (bicyclic) bond motifs is 2. The standard InChI is InChI=1S/C17H14N4S2/c18-16(12-3-5-22-9-12)20-13-2-1-10-7-11-4-6-23-15(11)17(19)21-14(10)8-13/h1-6,8-9H,7H2,(H2,18,20)(H2,19,21). The molecule has 0 aliphatic carbocycles. The fraction of sp³-hybridized carbons (Fsp3) is 0.0588. The third-order valence-corrected chi connectivity index (χ3v) is 5.40. The van der Waals surface area contributed by atoms with Crippen LogP contribution in [-0.2, 0) is 6.42 Å². The minimum atomic E-state index is 0.510. The predicted molar refractivity (Wildman–Crippen MR) is 98.7 cm³/mol. The van der Waals surface area contributed by atoms with Gasteiger partial charge in [-0.1, -0.05) is 6.07 Å². The minimum absolute atomic E-state index is 0.510. The number of amidine groups is 2. The van der Waals surface area contributed by atoms with Gasteiger partial charge in [-0.2, -0.15) is 11.3 Å². The molecule has 114 valence electrons. The van der Waals surface area contributed by atoms with Crippen LogP contribution in [-0.4, -0.2) is 11.7 Å². The Morgan fingerprint density at radius 3 is 2.87 bits per heavy atom. The quantitative estimate of drug-likeness (QED) is 0.551. The van der Waals surface area contributed by atoms with E-state index in [2.05, 4.69) is 27.5 Å². The zero-order valence-electron chi connectivity index (χ0n) is 12.2. The summed E-state index contributed by atoms with van der Waals surface area (Å²) in [5, 5.41) is 6.02. The molecule has 4 nitrogen and oxygen atoms in total. The van der Waals surface area contributed by atoms with Crippen molar-refractivity contribution < 1.29 is 0 Å².